The Bertz CT molecular complexity index is 687. The number of nitrogens with zero attached hydrogens (tertiary/aromatic N) is 2. The lowest BCUT2D eigenvalue weighted by molar-refractivity contribution is -0.384. The van der Waals surface area contributed by atoms with Crippen LogP contribution in [0.2, 0.25) is 4.34 Å². The van der Waals surface area contributed by atoms with Gasteiger partial charge in [-0.3, -0.25) is 14.9 Å². The molecule has 0 radical (unpaired) electrons. The number of likely N-dealkylation sites (N-methyl/N-ethyl adjacent to an activating group) is 1. The van der Waals surface area contributed by atoms with Crippen molar-refractivity contribution in [3.05, 3.63) is 55.7 Å². The van der Waals surface area contributed by atoms with Crippen LogP contribution in [-0.4, -0.2) is 28.9 Å². The van der Waals surface area contributed by atoms with Gasteiger partial charge in [0.25, 0.3) is 11.6 Å². The maximum atomic E-state index is 12.2. The van der Waals surface area contributed by atoms with Crippen molar-refractivity contribution in [2.75, 3.05) is 13.2 Å². The molecular weight excluding hydrogens is 340 g/mol. The summed E-state index contributed by atoms with van der Waals surface area (Å²) in [7, 11) is 0. The normalized spacial score (nSPS) is 10.3. The zero-order chi connectivity index (χ0) is 16.8. The molecule has 2 aromatic rings. The van der Waals surface area contributed by atoms with Crippen LogP contribution in [0.1, 0.15) is 11.8 Å². The number of non-ortho nitro benzene ring substituents is 1. The summed E-state index contributed by atoms with van der Waals surface area (Å²) < 4.78 is 6.08. The zero-order valence-corrected chi connectivity index (χ0v) is 14.0. The van der Waals surface area contributed by atoms with Crippen molar-refractivity contribution < 1.29 is 14.5 Å². The third-order valence-electron chi connectivity index (χ3n) is 3.12. The number of carbonyl (C=O) groups excluding carboxylic acids is 1. The molecular formula is C15H15ClN2O4S. The van der Waals surface area contributed by atoms with E-state index in [-0.39, 0.29) is 18.2 Å². The molecule has 0 unspecified atom stereocenters. The van der Waals surface area contributed by atoms with Gasteiger partial charge in [0.1, 0.15) is 5.75 Å². The van der Waals surface area contributed by atoms with E-state index >= 15 is 0 Å². The molecule has 1 aromatic carbocycles. The molecule has 0 N–H and O–H groups in total. The van der Waals surface area contributed by atoms with Crippen molar-refractivity contribution in [2.45, 2.75) is 13.5 Å². The van der Waals surface area contributed by atoms with E-state index in [1.165, 1.54) is 35.6 Å². The molecule has 0 aliphatic carbocycles. The van der Waals surface area contributed by atoms with Crippen molar-refractivity contribution in [3.63, 3.8) is 0 Å². The SMILES string of the molecule is CCN(Cc1ccc(Cl)s1)C(=O)COc1ccc([N+](=O)[O-])cc1. The second-order valence-corrected chi connectivity index (χ2v) is 6.45. The van der Waals surface area contributed by atoms with Crippen molar-refractivity contribution in [2.24, 2.45) is 0 Å². The standard InChI is InChI=1S/C15H15ClN2O4S/c1-2-17(9-13-7-8-14(16)23-13)15(19)10-22-12-5-3-11(4-6-12)18(20)21/h3-8H,2,9-10H2,1H3. The number of carbonyl (C=O) groups is 1. The number of ether oxygens (including phenoxy) is 1. The molecule has 0 aliphatic rings. The van der Waals surface area contributed by atoms with Crippen LogP contribution in [0, 0.1) is 10.1 Å². The van der Waals surface area contributed by atoms with E-state index in [1.54, 1.807) is 11.0 Å². The third kappa shape index (κ3) is 4.94. The smallest absolute Gasteiger partial charge is 0.269 e. The largest absolute Gasteiger partial charge is 0.484 e. The Morgan fingerprint density at radius 3 is 2.52 bits per heavy atom. The molecule has 0 saturated carbocycles. The number of thiophene rings is 1. The lowest BCUT2D eigenvalue weighted by atomic mass is 10.3. The Balaban J connectivity index is 1.90. The molecule has 23 heavy (non-hydrogen) atoms. The van der Waals surface area contributed by atoms with Gasteiger partial charge in [-0.05, 0) is 31.2 Å². The van der Waals surface area contributed by atoms with Crippen molar-refractivity contribution in [3.8, 4) is 5.75 Å². The molecule has 0 saturated heterocycles. The highest BCUT2D eigenvalue weighted by molar-refractivity contribution is 7.16. The monoisotopic (exact) mass is 354 g/mol. The van der Waals surface area contributed by atoms with E-state index in [1.807, 2.05) is 13.0 Å². The zero-order valence-electron chi connectivity index (χ0n) is 12.4. The summed E-state index contributed by atoms with van der Waals surface area (Å²) in [5.74, 6) is 0.259. The van der Waals surface area contributed by atoms with Crippen LogP contribution in [-0.2, 0) is 11.3 Å². The van der Waals surface area contributed by atoms with E-state index in [0.717, 1.165) is 4.88 Å². The van der Waals surface area contributed by atoms with Gasteiger partial charge in [-0.25, -0.2) is 0 Å². The van der Waals surface area contributed by atoms with E-state index < -0.39 is 4.92 Å². The predicted octanol–water partition coefficient (Wildman–Crippen LogP) is 3.74. The summed E-state index contributed by atoms with van der Waals surface area (Å²) in [6.07, 6.45) is 0. The van der Waals surface area contributed by atoms with Crippen molar-refractivity contribution in [1.82, 2.24) is 4.90 Å². The van der Waals surface area contributed by atoms with Crippen LogP contribution < -0.4 is 4.74 Å². The van der Waals surface area contributed by atoms with Crippen LogP contribution in [0.25, 0.3) is 0 Å². The molecule has 1 heterocycles. The van der Waals surface area contributed by atoms with Gasteiger partial charge < -0.3 is 9.64 Å². The molecule has 1 aromatic heterocycles. The second kappa shape index (κ2) is 7.94. The summed E-state index contributed by atoms with van der Waals surface area (Å²) in [6.45, 7) is 2.80. The molecule has 0 fully saturated rings. The van der Waals surface area contributed by atoms with E-state index in [2.05, 4.69) is 0 Å². The van der Waals surface area contributed by atoms with E-state index in [0.29, 0.717) is 23.2 Å². The molecule has 0 bridgehead atoms. The van der Waals surface area contributed by atoms with Gasteiger partial charge in [-0.2, -0.15) is 0 Å². The fourth-order valence-electron chi connectivity index (χ4n) is 1.90. The van der Waals surface area contributed by atoms with Crippen LogP contribution in [0.4, 0.5) is 5.69 Å². The summed E-state index contributed by atoms with van der Waals surface area (Å²) in [5.41, 5.74) is -0.0200. The van der Waals surface area contributed by atoms with Gasteiger partial charge >= 0.3 is 0 Å². The van der Waals surface area contributed by atoms with Gasteiger partial charge in [-0.15, -0.1) is 11.3 Å². The number of halogens is 1. The number of rotatable bonds is 7. The first kappa shape index (κ1) is 17.2. The summed E-state index contributed by atoms with van der Waals surface area (Å²) in [4.78, 5) is 25.0. The van der Waals surface area contributed by atoms with Crippen molar-refractivity contribution >= 4 is 34.5 Å². The lowest BCUT2D eigenvalue weighted by Gasteiger charge is -2.20. The van der Waals surface area contributed by atoms with Gasteiger partial charge in [-0.1, -0.05) is 11.6 Å². The first-order valence-electron chi connectivity index (χ1n) is 6.89. The van der Waals surface area contributed by atoms with E-state index in [9.17, 15) is 14.9 Å². The third-order valence-corrected chi connectivity index (χ3v) is 4.34. The molecule has 122 valence electrons. The molecule has 0 spiro atoms. The number of nitro groups is 1. The number of hydrogen-bond donors (Lipinski definition) is 0. The minimum absolute atomic E-state index is 0.0200. The van der Waals surface area contributed by atoms with Crippen LogP contribution in [0.3, 0.4) is 0 Å². The number of nitro benzene ring substituents is 1. The topological polar surface area (TPSA) is 72.7 Å². The molecule has 0 aliphatic heterocycles. The Morgan fingerprint density at radius 2 is 2.00 bits per heavy atom. The summed E-state index contributed by atoms with van der Waals surface area (Å²) in [5, 5.41) is 10.6. The number of hydrogen-bond acceptors (Lipinski definition) is 5. The average Bonchev–Trinajstić information content (AvgIpc) is 2.95. The molecule has 0 atom stereocenters. The maximum absolute atomic E-state index is 12.2. The number of benzene rings is 1. The Labute approximate surface area is 142 Å². The molecule has 1 amide bonds. The first-order chi connectivity index (χ1) is 11.0. The fourth-order valence-corrected chi connectivity index (χ4v) is 3.00. The van der Waals surface area contributed by atoms with Gasteiger partial charge in [0.05, 0.1) is 15.8 Å². The molecule has 8 heteroatoms. The number of amides is 1. The quantitative estimate of drug-likeness (QED) is 0.561. The highest BCUT2D eigenvalue weighted by atomic mass is 35.5. The Hall–Kier alpha value is -2.12. The Morgan fingerprint density at radius 1 is 1.30 bits per heavy atom. The van der Waals surface area contributed by atoms with Crippen molar-refractivity contribution in [1.29, 1.82) is 0 Å². The molecule has 6 nitrogen and oxygen atoms in total. The average molecular weight is 355 g/mol. The lowest BCUT2D eigenvalue weighted by Crippen LogP contribution is -2.34. The maximum Gasteiger partial charge on any atom is 0.269 e. The minimum Gasteiger partial charge on any atom is -0.484 e. The van der Waals surface area contributed by atoms with Gasteiger partial charge in [0.15, 0.2) is 6.61 Å². The van der Waals surface area contributed by atoms with Gasteiger partial charge in [0.2, 0.25) is 0 Å². The Kier molecular flexibility index (Phi) is 5.95. The van der Waals surface area contributed by atoms with Crippen LogP contribution in [0.15, 0.2) is 36.4 Å². The summed E-state index contributed by atoms with van der Waals surface area (Å²) >= 11 is 7.32. The second-order valence-electron chi connectivity index (χ2n) is 4.65. The van der Waals surface area contributed by atoms with Crippen LogP contribution in [0.5, 0.6) is 5.75 Å². The predicted molar refractivity (Wildman–Crippen MR) is 89.0 cm³/mol. The highest BCUT2D eigenvalue weighted by Gasteiger charge is 2.14. The first-order valence-corrected chi connectivity index (χ1v) is 8.08. The highest BCUT2D eigenvalue weighted by Crippen LogP contribution is 2.23. The fraction of sp³-hybridized carbons (Fsp3) is 0.267. The van der Waals surface area contributed by atoms with Crippen LogP contribution >= 0.6 is 22.9 Å². The van der Waals surface area contributed by atoms with Gasteiger partial charge in [0, 0.05) is 23.6 Å². The van der Waals surface area contributed by atoms with E-state index in [4.69, 9.17) is 16.3 Å². The summed E-state index contributed by atoms with van der Waals surface area (Å²) in [6, 6.07) is 9.31. The molecule has 2 rings (SSSR count). The minimum atomic E-state index is -0.486.